The Morgan fingerprint density at radius 2 is 2.12 bits per heavy atom. The molecule has 1 saturated carbocycles. The Labute approximate surface area is 145 Å². The lowest BCUT2D eigenvalue weighted by atomic mass is 10.0. The van der Waals surface area contributed by atoms with Crippen molar-refractivity contribution in [3.63, 3.8) is 0 Å². The predicted molar refractivity (Wildman–Crippen MR) is 95.6 cm³/mol. The number of carbonyl (C=O) groups excluding carboxylic acids is 1. The topological polar surface area (TPSA) is 67.0 Å². The van der Waals surface area contributed by atoms with Crippen LogP contribution in [0.15, 0.2) is 18.2 Å². The van der Waals surface area contributed by atoms with Gasteiger partial charge in [0.2, 0.25) is 0 Å². The lowest BCUT2D eigenvalue weighted by Gasteiger charge is -2.10. The number of H-pyrrole nitrogens is 1. The Morgan fingerprint density at radius 3 is 2.96 bits per heavy atom. The maximum absolute atomic E-state index is 10.5. The molecule has 1 aliphatic heterocycles. The number of fused-ring (bicyclic) bond motifs is 1. The van der Waals surface area contributed by atoms with Crippen molar-refractivity contribution in [2.24, 2.45) is 0 Å². The number of nitrogens with one attached hydrogen (secondary N) is 2. The first-order chi connectivity index (χ1) is 11.7. The SMILES string of the molecule is Cc1cc2c(cc1Nc1cc(C3CCC(OC=O)C3)[nH]n1)CSC2. The van der Waals surface area contributed by atoms with E-state index in [-0.39, 0.29) is 6.10 Å². The van der Waals surface area contributed by atoms with Gasteiger partial charge in [0.15, 0.2) is 5.82 Å². The van der Waals surface area contributed by atoms with Crippen LogP contribution in [0.4, 0.5) is 11.5 Å². The maximum atomic E-state index is 10.5. The van der Waals surface area contributed by atoms with Crippen LogP contribution in [0.2, 0.25) is 0 Å². The molecule has 5 nitrogen and oxygen atoms in total. The van der Waals surface area contributed by atoms with Crippen molar-refractivity contribution in [1.29, 1.82) is 0 Å². The van der Waals surface area contributed by atoms with Crippen LogP contribution in [0.1, 0.15) is 47.6 Å². The summed E-state index contributed by atoms with van der Waals surface area (Å²) in [6, 6.07) is 6.61. The summed E-state index contributed by atoms with van der Waals surface area (Å²) in [4.78, 5) is 10.5. The van der Waals surface area contributed by atoms with Gasteiger partial charge >= 0.3 is 0 Å². The minimum atomic E-state index is 0.0451. The van der Waals surface area contributed by atoms with Crippen molar-refractivity contribution in [2.45, 2.75) is 49.7 Å². The number of benzene rings is 1. The van der Waals surface area contributed by atoms with Gasteiger partial charge in [-0.15, -0.1) is 0 Å². The van der Waals surface area contributed by atoms with Gasteiger partial charge in [-0.1, -0.05) is 6.07 Å². The fraction of sp³-hybridized carbons (Fsp3) is 0.444. The summed E-state index contributed by atoms with van der Waals surface area (Å²) in [7, 11) is 0. The van der Waals surface area contributed by atoms with E-state index in [9.17, 15) is 4.79 Å². The van der Waals surface area contributed by atoms with Crippen molar-refractivity contribution < 1.29 is 9.53 Å². The van der Waals surface area contributed by atoms with Crippen LogP contribution < -0.4 is 5.32 Å². The van der Waals surface area contributed by atoms with Gasteiger partial charge in [0.25, 0.3) is 6.47 Å². The summed E-state index contributed by atoms with van der Waals surface area (Å²) >= 11 is 1.97. The Hall–Kier alpha value is -1.95. The summed E-state index contributed by atoms with van der Waals surface area (Å²) in [5.74, 6) is 3.44. The highest BCUT2D eigenvalue weighted by atomic mass is 32.2. The van der Waals surface area contributed by atoms with Crippen LogP contribution in [-0.4, -0.2) is 22.8 Å². The fourth-order valence-electron chi connectivity index (χ4n) is 3.66. The second-order valence-corrected chi connectivity index (χ2v) is 7.61. The molecule has 6 heteroatoms. The number of ether oxygens (including phenoxy) is 1. The van der Waals surface area contributed by atoms with Crippen molar-refractivity contribution in [2.75, 3.05) is 5.32 Å². The van der Waals surface area contributed by atoms with Gasteiger partial charge in [0.1, 0.15) is 6.10 Å². The zero-order valence-electron chi connectivity index (χ0n) is 13.7. The highest BCUT2D eigenvalue weighted by Gasteiger charge is 2.28. The molecule has 4 rings (SSSR count). The number of aromatic nitrogens is 2. The van der Waals surface area contributed by atoms with Gasteiger partial charge in [-0.3, -0.25) is 9.89 Å². The molecule has 1 aromatic heterocycles. The number of aryl methyl sites for hydroxylation is 1. The van der Waals surface area contributed by atoms with E-state index in [2.05, 4.69) is 40.6 Å². The number of rotatable bonds is 5. The molecule has 0 bridgehead atoms. The largest absolute Gasteiger partial charge is 0.465 e. The van der Waals surface area contributed by atoms with Gasteiger partial charge in [0, 0.05) is 34.9 Å². The van der Waals surface area contributed by atoms with Crippen LogP contribution in [0.3, 0.4) is 0 Å². The molecule has 24 heavy (non-hydrogen) atoms. The smallest absolute Gasteiger partial charge is 0.293 e. The summed E-state index contributed by atoms with van der Waals surface area (Å²) in [5.41, 5.74) is 6.37. The molecule has 0 saturated heterocycles. The number of hydrogen-bond acceptors (Lipinski definition) is 5. The fourth-order valence-corrected chi connectivity index (χ4v) is 4.74. The number of thioether (sulfide) groups is 1. The molecule has 2 aromatic rings. The molecule has 2 atom stereocenters. The second kappa shape index (κ2) is 6.51. The standard InChI is InChI=1S/C18H21N3O2S/c1-11-4-13-8-24-9-14(13)6-16(11)19-18-7-17(20-21-18)12-2-3-15(5-12)23-10-22/h4,6-7,10,12,15H,2-3,5,8-9H2,1H3,(H2,19,20,21). The number of anilines is 2. The summed E-state index contributed by atoms with van der Waals surface area (Å²) in [6.07, 6.45) is 2.86. The quantitative estimate of drug-likeness (QED) is 0.803. The lowest BCUT2D eigenvalue weighted by molar-refractivity contribution is -0.133. The normalized spacial score (nSPS) is 22.4. The number of carbonyl (C=O) groups is 1. The third-order valence-electron chi connectivity index (χ3n) is 4.99. The van der Waals surface area contributed by atoms with E-state index in [0.717, 1.165) is 48.0 Å². The molecule has 0 radical (unpaired) electrons. The zero-order valence-corrected chi connectivity index (χ0v) is 14.5. The minimum absolute atomic E-state index is 0.0451. The first-order valence-corrected chi connectivity index (χ1v) is 9.50. The average molecular weight is 343 g/mol. The molecule has 1 aromatic carbocycles. The van der Waals surface area contributed by atoms with Crippen LogP contribution in [0.25, 0.3) is 0 Å². The molecule has 0 spiro atoms. The Kier molecular flexibility index (Phi) is 4.22. The lowest BCUT2D eigenvalue weighted by Crippen LogP contribution is -2.06. The molecule has 126 valence electrons. The second-order valence-electron chi connectivity index (χ2n) is 6.63. The Bertz CT molecular complexity index is 759. The van der Waals surface area contributed by atoms with E-state index in [4.69, 9.17) is 4.74 Å². The minimum Gasteiger partial charge on any atom is -0.465 e. The average Bonchev–Trinajstić information content (AvgIpc) is 3.28. The Morgan fingerprint density at radius 1 is 1.29 bits per heavy atom. The van der Waals surface area contributed by atoms with Crippen molar-refractivity contribution in [3.05, 3.63) is 40.6 Å². The monoisotopic (exact) mass is 343 g/mol. The zero-order chi connectivity index (χ0) is 16.5. The predicted octanol–water partition coefficient (Wildman–Crippen LogP) is 4.02. The molecule has 2 unspecified atom stereocenters. The van der Waals surface area contributed by atoms with Crippen molar-refractivity contribution >= 4 is 29.7 Å². The molecule has 2 aliphatic rings. The summed E-state index contributed by atoms with van der Waals surface area (Å²) in [6.45, 7) is 2.69. The van der Waals surface area contributed by atoms with E-state index in [0.29, 0.717) is 12.4 Å². The van der Waals surface area contributed by atoms with Gasteiger partial charge in [0.05, 0.1) is 0 Å². The first kappa shape index (κ1) is 15.6. The maximum Gasteiger partial charge on any atom is 0.293 e. The van der Waals surface area contributed by atoms with Crippen LogP contribution in [-0.2, 0) is 21.0 Å². The van der Waals surface area contributed by atoms with E-state index in [1.165, 1.54) is 16.7 Å². The molecule has 0 amide bonds. The molecule has 1 fully saturated rings. The Balaban J connectivity index is 1.47. The van der Waals surface area contributed by atoms with Gasteiger partial charge in [-0.05, 0) is 48.9 Å². The highest BCUT2D eigenvalue weighted by molar-refractivity contribution is 7.98. The van der Waals surface area contributed by atoms with E-state index in [1.807, 2.05) is 11.8 Å². The van der Waals surface area contributed by atoms with Gasteiger partial charge in [-0.2, -0.15) is 16.9 Å². The number of aromatic amines is 1. The third-order valence-corrected chi connectivity index (χ3v) is 6.02. The summed E-state index contributed by atoms with van der Waals surface area (Å²) in [5, 5.41) is 11.0. The van der Waals surface area contributed by atoms with Crippen LogP contribution in [0.5, 0.6) is 0 Å². The molecule has 1 aliphatic carbocycles. The van der Waals surface area contributed by atoms with Crippen molar-refractivity contribution in [1.82, 2.24) is 10.2 Å². The molecule has 2 heterocycles. The van der Waals surface area contributed by atoms with Gasteiger partial charge < -0.3 is 10.1 Å². The van der Waals surface area contributed by atoms with Crippen LogP contribution in [0, 0.1) is 6.92 Å². The van der Waals surface area contributed by atoms with E-state index >= 15 is 0 Å². The first-order valence-electron chi connectivity index (χ1n) is 8.34. The van der Waals surface area contributed by atoms with E-state index < -0.39 is 0 Å². The molecular weight excluding hydrogens is 322 g/mol. The third kappa shape index (κ3) is 3.02. The number of hydrogen-bond donors (Lipinski definition) is 2. The molecule has 2 N–H and O–H groups in total. The van der Waals surface area contributed by atoms with E-state index in [1.54, 1.807) is 0 Å². The number of nitrogens with zero attached hydrogens (tertiary/aromatic N) is 1. The highest BCUT2D eigenvalue weighted by Crippen LogP contribution is 2.37. The van der Waals surface area contributed by atoms with Crippen LogP contribution >= 0.6 is 11.8 Å². The van der Waals surface area contributed by atoms with Gasteiger partial charge in [-0.25, -0.2) is 0 Å². The summed E-state index contributed by atoms with van der Waals surface area (Å²) < 4.78 is 5.08. The van der Waals surface area contributed by atoms with Crippen molar-refractivity contribution in [3.8, 4) is 0 Å². The molecular formula is C18H21N3O2S.